The molecular weight excluding hydrogens is 232 g/mol. The van der Waals surface area contributed by atoms with Crippen molar-refractivity contribution in [3.05, 3.63) is 35.4 Å². The number of likely N-dealkylation sites (tertiary alicyclic amines) is 1. The first-order valence-corrected chi connectivity index (χ1v) is 7.82. The van der Waals surface area contributed by atoms with E-state index in [0.29, 0.717) is 0 Å². The third-order valence-electron chi connectivity index (χ3n) is 4.91. The van der Waals surface area contributed by atoms with Gasteiger partial charge in [-0.15, -0.1) is 0 Å². The molecule has 0 unspecified atom stereocenters. The molecule has 1 N–H and O–H groups in total. The van der Waals surface area contributed by atoms with E-state index in [0.717, 1.165) is 11.8 Å². The van der Waals surface area contributed by atoms with Crippen molar-refractivity contribution in [3.63, 3.8) is 0 Å². The van der Waals surface area contributed by atoms with Gasteiger partial charge in [0.2, 0.25) is 0 Å². The zero-order valence-corrected chi connectivity index (χ0v) is 12.1. The lowest BCUT2D eigenvalue weighted by Crippen LogP contribution is -2.29. The molecule has 19 heavy (non-hydrogen) atoms. The van der Waals surface area contributed by atoms with E-state index in [4.69, 9.17) is 0 Å². The fourth-order valence-corrected chi connectivity index (χ4v) is 3.56. The molecule has 0 aliphatic carbocycles. The van der Waals surface area contributed by atoms with Crippen LogP contribution in [0.15, 0.2) is 24.3 Å². The molecule has 2 saturated heterocycles. The summed E-state index contributed by atoms with van der Waals surface area (Å²) >= 11 is 0. The first-order valence-electron chi connectivity index (χ1n) is 7.82. The van der Waals surface area contributed by atoms with E-state index in [9.17, 15) is 0 Å². The van der Waals surface area contributed by atoms with Crippen molar-refractivity contribution in [2.24, 2.45) is 0 Å². The lowest BCUT2D eigenvalue weighted by atomic mass is 9.84. The molecule has 2 heteroatoms. The first-order chi connectivity index (χ1) is 9.33. The Morgan fingerprint density at radius 3 is 2.16 bits per heavy atom. The van der Waals surface area contributed by atoms with Gasteiger partial charge in [0, 0.05) is 0 Å². The van der Waals surface area contributed by atoms with Crippen LogP contribution in [-0.2, 0) is 0 Å². The van der Waals surface area contributed by atoms with E-state index in [-0.39, 0.29) is 0 Å². The number of nitrogens with zero attached hydrogens (tertiary/aromatic N) is 1. The van der Waals surface area contributed by atoms with E-state index >= 15 is 0 Å². The number of hydrogen-bond donors (Lipinski definition) is 1. The van der Waals surface area contributed by atoms with E-state index in [1.54, 1.807) is 11.1 Å². The Morgan fingerprint density at radius 2 is 1.53 bits per heavy atom. The van der Waals surface area contributed by atoms with E-state index in [2.05, 4.69) is 41.5 Å². The second kappa shape index (κ2) is 6.06. The highest BCUT2D eigenvalue weighted by Crippen LogP contribution is 2.31. The summed E-state index contributed by atoms with van der Waals surface area (Å²) in [4.78, 5) is 2.45. The van der Waals surface area contributed by atoms with Crippen LogP contribution in [0.25, 0.3) is 0 Å². The van der Waals surface area contributed by atoms with Gasteiger partial charge in [-0.2, -0.15) is 0 Å². The standard InChI is InChI=1S/C17H26N2/c1-19-11-7-15(8-12-19)17-4-2-3-16(13-17)14-5-9-18-10-6-14/h2-4,13-15,18H,5-12H2,1H3. The zero-order chi connectivity index (χ0) is 13.1. The molecule has 0 amide bonds. The third-order valence-corrected chi connectivity index (χ3v) is 4.91. The van der Waals surface area contributed by atoms with Gasteiger partial charge in [-0.25, -0.2) is 0 Å². The third kappa shape index (κ3) is 3.18. The normalized spacial score (nSPS) is 23.6. The van der Waals surface area contributed by atoms with Gasteiger partial charge in [-0.1, -0.05) is 24.3 Å². The Morgan fingerprint density at radius 1 is 0.947 bits per heavy atom. The molecule has 0 saturated carbocycles. The summed E-state index contributed by atoms with van der Waals surface area (Å²) in [6, 6.07) is 9.48. The Labute approximate surface area is 117 Å². The Kier molecular flexibility index (Phi) is 4.19. The molecule has 0 aromatic heterocycles. The van der Waals surface area contributed by atoms with Crippen molar-refractivity contribution in [2.45, 2.75) is 37.5 Å². The van der Waals surface area contributed by atoms with Gasteiger partial charge in [0.15, 0.2) is 0 Å². The van der Waals surface area contributed by atoms with Crippen LogP contribution in [0.1, 0.15) is 48.6 Å². The number of nitrogens with one attached hydrogen (secondary N) is 1. The molecule has 1 aromatic carbocycles. The van der Waals surface area contributed by atoms with Gasteiger partial charge in [-0.3, -0.25) is 0 Å². The van der Waals surface area contributed by atoms with Crippen molar-refractivity contribution in [3.8, 4) is 0 Å². The van der Waals surface area contributed by atoms with Crippen LogP contribution in [0.4, 0.5) is 0 Å². The Balaban J connectivity index is 1.72. The SMILES string of the molecule is CN1CCC(c2cccc(C3CCNCC3)c2)CC1. The van der Waals surface area contributed by atoms with Crippen molar-refractivity contribution in [1.82, 2.24) is 10.2 Å². The van der Waals surface area contributed by atoms with Gasteiger partial charge in [0.05, 0.1) is 0 Å². The van der Waals surface area contributed by atoms with Crippen molar-refractivity contribution < 1.29 is 0 Å². The van der Waals surface area contributed by atoms with Crippen LogP contribution in [0.5, 0.6) is 0 Å². The molecule has 2 aliphatic rings. The van der Waals surface area contributed by atoms with Gasteiger partial charge < -0.3 is 10.2 Å². The van der Waals surface area contributed by atoms with Crippen LogP contribution in [0.2, 0.25) is 0 Å². The van der Waals surface area contributed by atoms with Gasteiger partial charge in [-0.05, 0) is 81.9 Å². The highest BCUT2D eigenvalue weighted by Gasteiger charge is 2.20. The maximum Gasteiger partial charge on any atom is -0.00159 e. The van der Waals surface area contributed by atoms with Gasteiger partial charge in [0.25, 0.3) is 0 Å². The summed E-state index contributed by atoms with van der Waals surface area (Å²) in [6.07, 6.45) is 5.26. The first kappa shape index (κ1) is 13.1. The monoisotopic (exact) mass is 258 g/mol. The molecule has 0 radical (unpaired) electrons. The fourth-order valence-electron chi connectivity index (χ4n) is 3.56. The second-order valence-electron chi connectivity index (χ2n) is 6.27. The largest absolute Gasteiger partial charge is 0.317 e. The number of piperidine rings is 2. The zero-order valence-electron chi connectivity index (χ0n) is 12.1. The van der Waals surface area contributed by atoms with Crippen LogP contribution < -0.4 is 5.32 Å². The Hall–Kier alpha value is -0.860. The summed E-state index contributed by atoms with van der Waals surface area (Å²) in [5.74, 6) is 1.57. The van der Waals surface area contributed by atoms with Crippen LogP contribution in [-0.4, -0.2) is 38.1 Å². The Bertz CT molecular complexity index is 401. The summed E-state index contributed by atoms with van der Waals surface area (Å²) in [6.45, 7) is 4.87. The summed E-state index contributed by atoms with van der Waals surface area (Å²) in [5.41, 5.74) is 3.17. The second-order valence-corrected chi connectivity index (χ2v) is 6.27. The molecule has 104 valence electrons. The predicted molar refractivity (Wildman–Crippen MR) is 80.8 cm³/mol. The minimum Gasteiger partial charge on any atom is -0.317 e. The highest BCUT2D eigenvalue weighted by atomic mass is 15.1. The molecule has 0 spiro atoms. The molecule has 2 heterocycles. The van der Waals surface area contributed by atoms with E-state index in [1.807, 2.05) is 0 Å². The fraction of sp³-hybridized carbons (Fsp3) is 0.647. The van der Waals surface area contributed by atoms with Crippen molar-refractivity contribution >= 4 is 0 Å². The summed E-state index contributed by atoms with van der Waals surface area (Å²) < 4.78 is 0. The predicted octanol–water partition coefficient (Wildman–Crippen LogP) is 2.96. The smallest absolute Gasteiger partial charge is 0.00159 e. The number of rotatable bonds is 2. The van der Waals surface area contributed by atoms with E-state index in [1.165, 1.54) is 51.9 Å². The van der Waals surface area contributed by atoms with Crippen molar-refractivity contribution in [2.75, 3.05) is 33.2 Å². The lowest BCUT2D eigenvalue weighted by molar-refractivity contribution is 0.255. The topological polar surface area (TPSA) is 15.3 Å². The minimum atomic E-state index is 0.785. The van der Waals surface area contributed by atoms with Gasteiger partial charge in [0.1, 0.15) is 0 Å². The van der Waals surface area contributed by atoms with E-state index < -0.39 is 0 Å². The van der Waals surface area contributed by atoms with Gasteiger partial charge >= 0.3 is 0 Å². The number of benzene rings is 1. The molecule has 1 aromatic rings. The molecule has 3 rings (SSSR count). The maximum absolute atomic E-state index is 3.46. The molecule has 0 atom stereocenters. The number of hydrogen-bond acceptors (Lipinski definition) is 2. The lowest BCUT2D eigenvalue weighted by Gasteiger charge is -2.30. The molecule has 2 nitrogen and oxygen atoms in total. The van der Waals surface area contributed by atoms with Crippen molar-refractivity contribution in [1.29, 1.82) is 0 Å². The van der Waals surface area contributed by atoms with Crippen LogP contribution in [0.3, 0.4) is 0 Å². The average Bonchev–Trinajstić information content (AvgIpc) is 2.49. The van der Waals surface area contributed by atoms with Crippen LogP contribution >= 0.6 is 0 Å². The highest BCUT2D eigenvalue weighted by molar-refractivity contribution is 5.29. The maximum atomic E-state index is 3.46. The summed E-state index contributed by atoms with van der Waals surface area (Å²) in [5, 5.41) is 3.46. The molecule has 2 fully saturated rings. The molecule has 2 aliphatic heterocycles. The van der Waals surface area contributed by atoms with Crippen LogP contribution in [0, 0.1) is 0 Å². The summed E-state index contributed by atoms with van der Waals surface area (Å²) in [7, 11) is 2.24. The quantitative estimate of drug-likeness (QED) is 0.877. The molecule has 0 bridgehead atoms. The molecular formula is C17H26N2. The average molecular weight is 258 g/mol. The minimum absolute atomic E-state index is 0.785.